The summed E-state index contributed by atoms with van der Waals surface area (Å²) in [5, 5.41) is 8.96. The van der Waals surface area contributed by atoms with Gasteiger partial charge in [0, 0.05) is 7.11 Å². The van der Waals surface area contributed by atoms with Crippen LogP contribution in [0.3, 0.4) is 0 Å². The number of sulfonamides is 1. The Morgan fingerprint density at radius 3 is 2.59 bits per heavy atom. The Hall–Kier alpha value is -1.42. The first kappa shape index (κ1) is 13.6. The molecule has 1 unspecified atom stereocenters. The molecule has 0 aromatic heterocycles. The summed E-state index contributed by atoms with van der Waals surface area (Å²) in [6, 6.07) is 9.77. The number of nitriles is 1. The second-order valence-corrected chi connectivity index (χ2v) is 5.28. The van der Waals surface area contributed by atoms with Gasteiger partial charge in [0.05, 0.1) is 18.4 Å². The first-order valence-electron chi connectivity index (χ1n) is 5.02. The molecule has 1 rings (SSSR count). The van der Waals surface area contributed by atoms with Crippen molar-refractivity contribution in [1.82, 2.24) is 4.72 Å². The van der Waals surface area contributed by atoms with Crippen molar-refractivity contribution in [2.75, 3.05) is 19.5 Å². The van der Waals surface area contributed by atoms with E-state index in [1.165, 1.54) is 7.11 Å². The highest BCUT2D eigenvalue weighted by Gasteiger charge is 2.18. The van der Waals surface area contributed by atoms with Crippen molar-refractivity contribution >= 4 is 10.0 Å². The largest absolute Gasteiger partial charge is 0.384 e. The second kappa shape index (κ2) is 6.35. The quantitative estimate of drug-likeness (QED) is 0.815. The van der Waals surface area contributed by atoms with Crippen molar-refractivity contribution in [2.45, 2.75) is 6.04 Å². The summed E-state index contributed by atoms with van der Waals surface area (Å²) in [6.07, 6.45) is 0. The number of rotatable bonds is 6. The zero-order valence-electron chi connectivity index (χ0n) is 9.46. The fourth-order valence-electron chi connectivity index (χ4n) is 1.25. The topological polar surface area (TPSA) is 79.2 Å². The summed E-state index contributed by atoms with van der Waals surface area (Å²) < 4.78 is 30.2. The molecule has 1 aromatic carbocycles. The van der Waals surface area contributed by atoms with Gasteiger partial charge in [-0.1, -0.05) is 30.3 Å². The first-order valence-corrected chi connectivity index (χ1v) is 6.68. The maximum atomic E-state index is 11.6. The molecule has 5 nitrogen and oxygen atoms in total. The molecule has 0 aliphatic carbocycles. The van der Waals surface area contributed by atoms with Crippen molar-refractivity contribution in [3.8, 4) is 6.07 Å². The number of nitrogens with zero attached hydrogens (tertiary/aromatic N) is 1. The molecule has 1 aromatic rings. The summed E-state index contributed by atoms with van der Waals surface area (Å²) in [5.74, 6) is -0.158. The highest BCUT2D eigenvalue weighted by Crippen LogP contribution is 2.12. The first-order chi connectivity index (χ1) is 8.09. The fourth-order valence-corrected chi connectivity index (χ4v) is 2.30. The normalized spacial score (nSPS) is 12.9. The van der Waals surface area contributed by atoms with E-state index in [0.717, 1.165) is 0 Å². The molecule has 0 radical (unpaired) electrons. The molecule has 0 fully saturated rings. The third-order valence-corrected chi connectivity index (χ3v) is 3.41. The van der Waals surface area contributed by atoms with Crippen LogP contribution >= 0.6 is 0 Å². The third-order valence-electron chi connectivity index (χ3n) is 2.12. The predicted molar refractivity (Wildman–Crippen MR) is 63.6 cm³/mol. The van der Waals surface area contributed by atoms with Crippen molar-refractivity contribution < 1.29 is 13.2 Å². The van der Waals surface area contributed by atoms with Crippen LogP contribution in [0.25, 0.3) is 0 Å². The van der Waals surface area contributed by atoms with Gasteiger partial charge in [0.25, 0.3) is 0 Å². The van der Waals surface area contributed by atoms with Crippen LogP contribution in [0, 0.1) is 11.3 Å². The van der Waals surface area contributed by atoms with Gasteiger partial charge in [-0.15, -0.1) is 0 Å². The van der Waals surface area contributed by atoms with Crippen LogP contribution in [0.15, 0.2) is 30.3 Å². The standard InChI is InChI=1S/C11H14N2O3S/c1-16-7-8-17(14,15)13-11(9-12)10-5-3-2-4-6-10/h2-6,11,13H,7-8H2,1H3. The van der Waals surface area contributed by atoms with Crippen LogP contribution in [0.4, 0.5) is 0 Å². The lowest BCUT2D eigenvalue weighted by atomic mass is 10.1. The lowest BCUT2D eigenvalue weighted by Gasteiger charge is -2.11. The molecule has 0 saturated carbocycles. The van der Waals surface area contributed by atoms with E-state index < -0.39 is 16.1 Å². The van der Waals surface area contributed by atoms with E-state index >= 15 is 0 Å². The summed E-state index contributed by atoms with van der Waals surface area (Å²) in [5.41, 5.74) is 0.621. The predicted octanol–water partition coefficient (Wildman–Crippen LogP) is 0.817. The average Bonchev–Trinajstić information content (AvgIpc) is 2.35. The molecule has 0 spiro atoms. The van der Waals surface area contributed by atoms with Crippen LogP contribution in [-0.2, 0) is 14.8 Å². The van der Waals surface area contributed by atoms with Crippen molar-refractivity contribution in [1.29, 1.82) is 5.26 Å². The molecule has 1 atom stereocenters. The molecule has 0 bridgehead atoms. The smallest absolute Gasteiger partial charge is 0.215 e. The Morgan fingerprint density at radius 1 is 1.41 bits per heavy atom. The zero-order valence-corrected chi connectivity index (χ0v) is 10.3. The molecular weight excluding hydrogens is 240 g/mol. The molecular formula is C11H14N2O3S. The number of benzene rings is 1. The van der Waals surface area contributed by atoms with Crippen molar-refractivity contribution in [3.63, 3.8) is 0 Å². The van der Waals surface area contributed by atoms with Crippen molar-refractivity contribution in [2.24, 2.45) is 0 Å². The maximum Gasteiger partial charge on any atom is 0.215 e. The van der Waals surface area contributed by atoms with E-state index in [2.05, 4.69) is 4.72 Å². The van der Waals surface area contributed by atoms with Gasteiger partial charge >= 0.3 is 0 Å². The van der Waals surface area contributed by atoms with Gasteiger partial charge in [0.15, 0.2) is 0 Å². The zero-order chi connectivity index (χ0) is 12.7. The molecule has 17 heavy (non-hydrogen) atoms. The molecule has 0 aliphatic heterocycles. The van der Waals surface area contributed by atoms with Crippen LogP contribution in [-0.4, -0.2) is 27.9 Å². The second-order valence-electron chi connectivity index (χ2n) is 3.40. The van der Waals surface area contributed by atoms with Crippen LogP contribution < -0.4 is 4.72 Å². The highest BCUT2D eigenvalue weighted by atomic mass is 32.2. The maximum absolute atomic E-state index is 11.6. The lowest BCUT2D eigenvalue weighted by molar-refractivity contribution is 0.217. The molecule has 6 heteroatoms. The van der Waals surface area contributed by atoms with E-state index in [1.807, 2.05) is 6.07 Å². The SMILES string of the molecule is COCCS(=O)(=O)NC(C#N)c1ccccc1. The van der Waals surface area contributed by atoms with Gasteiger partial charge < -0.3 is 4.74 Å². The Labute approximate surface area is 101 Å². The van der Waals surface area contributed by atoms with Crippen LogP contribution in [0.2, 0.25) is 0 Å². The van der Waals surface area contributed by atoms with Crippen molar-refractivity contribution in [3.05, 3.63) is 35.9 Å². The van der Waals surface area contributed by atoms with Gasteiger partial charge in [-0.25, -0.2) is 8.42 Å². The van der Waals surface area contributed by atoms with Crippen LogP contribution in [0.1, 0.15) is 11.6 Å². The van der Waals surface area contributed by atoms with Gasteiger partial charge in [-0.2, -0.15) is 9.98 Å². The Bertz CT molecular complexity index is 479. The van der Waals surface area contributed by atoms with E-state index in [1.54, 1.807) is 30.3 Å². The molecule has 0 aliphatic rings. The molecule has 0 saturated heterocycles. The number of hydrogen-bond donors (Lipinski definition) is 1. The minimum absolute atomic E-state index is 0.0995. The average molecular weight is 254 g/mol. The minimum Gasteiger partial charge on any atom is -0.384 e. The van der Waals surface area contributed by atoms with Gasteiger partial charge in [0.1, 0.15) is 6.04 Å². The summed E-state index contributed by atoms with van der Waals surface area (Å²) in [6.45, 7) is 0.0995. The molecule has 92 valence electrons. The summed E-state index contributed by atoms with van der Waals surface area (Å²) in [7, 11) is -2.08. The van der Waals surface area contributed by atoms with Crippen LogP contribution in [0.5, 0.6) is 0 Å². The highest BCUT2D eigenvalue weighted by molar-refractivity contribution is 7.89. The van der Waals surface area contributed by atoms with E-state index in [0.29, 0.717) is 5.56 Å². The van der Waals surface area contributed by atoms with E-state index in [9.17, 15) is 8.42 Å². The number of nitrogens with one attached hydrogen (secondary N) is 1. The van der Waals surface area contributed by atoms with E-state index in [-0.39, 0.29) is 12.4 Å². The van der Waals surface area contributed by atoms with Gasteiger partial charge in [0.2, 0.25) is 10.0 Å². The lowest BCUT2D eigenvalue weighted by Crippen LogP contribution is -2.31. The Balaban J connectivity index is 2.75. The summed E-state index contributed by atoms with van der Waals surface area (Å²) in [4.78, 5) is 0. The number of hydrogen-bond acceptors (Lipinski definition) is 4. The molecule has 1 N–H and O–H groups in total. The van der Waals surface area contributed by atoms with E-state index in [4.69, 9.17) is 10.00 Å². The fraction of sp³-hybridized carbons (Fsp3) is 0.364. The molecule has 0 heterocycles. The van der Waals surface area contributed by atoms with Gasteiger partial charge in [-0.05, 0) is 5.56 Å². The number of ether oxygens (including phenoxy) is 1. The number of methoxy groups -OCH3 is 1. The van der Waals surface area contributed by atoms with Gasteiger partial charge in [-0.3, -0.25) is 0 Å². The minimum atomic E-state index is -3.50. The Morgan fingerprint density at radius 2 is 2.06 bits per heavy atom. The summed E-state index contributed by atoms with van der Waals surface area (Å²) >= 11 is 0. The molecule has 0 amide bonds. The monoisotopic (exact) mass is 254 g/mol. The third kappa shape index (κ3) is 4.53. The Kier molecular flexibility index (Phi) is 5.10.